The molecule has 0 bridgehead atoms. The largest absolute Gasteiger partial charge is 0.507 e. The molecule has 8 aromatic carbocycles. The van der Waals surface area contributed by atoms with E-state index >= 15 is 0 Å². The van der Waals surface area contributed by atoms with Crippen LogP contribution < -0.4 is 0 Å². The minimum atomic E-state index is -1.50. The molecule has 4 nitrogen and oxygen atoms in total. The number of fused-ring (bicyclic) bond motifs is 1. The van der Waals surface area contributed by atoms with Crippen molar-refractivity contribution >= 4 is 11.0 Å². The van der Waals surface area contributed by atoms with Crippen molar-refractivity contribution < 1.29 is 28.9 Å². The Morgan fingerprint density at radius 2 is 1.16 bits per heavy atom. The van der Waals surface area contributed by atoms with Crippen LogP contribution in [0.25, 0.3) is 72.7 Å². The summed E-state index contributed by atoms with van der Waals surface area (Å²) in [4.78, 5) is 10.6. The average Bonchev–Trinajstić information content (AvgIpc) is 4.16. The first-order valence-electron chi connectivity index (χ1n) is 27.3. The number of hydrogen-bond acceptors (Lipinski definition) is 3. The predicted molar refractivity (Wildman–Crippen MR) is 308 cm³/mol. The fraction of sp³-hybridized carbons (Fsp3) is 0.229. The molecule has 0 radical (unpaired) electrons. The molecule has 0 spiro atoms. The molecule has 11 rings (SSSR count). The van der Waals surface area contributed by atoms with E-state index < -0.39 is 6.37 Å². The maximum absolute atomic E-state index is 11.9. The van der Waals surface area contributed by atoms with Crippen LogP contribution in [-0.4, -0.2) is 19.6 Å². The summed E-state index contributed by atoms with van der Waals surface area (Å²) in [6.45, 7) is 15.6. The smallest absolute Gasteiger partial charge is 0.148 e. The molecular weight excluding hydrogens is 1090 g/mol. The van der Waals surface area contributed by atoms with Crippen LogP contribution in [-0.2, 0) is 43.7 Å². The van der Waals surface area contributed by atoms with Gasteiger partial charge in [-0.2, -0.15) is 0 Å². The maximum atomic E-state index is 11.9. The van der Waals surface area contributed by atoms with Crippen LogP contribution in [0.5, 0.6) is 5.75 Å². The molecule has 2 aromatic heterocycles. The zero-order chi connectivity index (χ0) is 53.0. The Kier molecular flexibility index (Phi) is 13.6. The van der Waals surface area contributed by atoms with Gasteiger partial charge in [-0.25, -0.2) is 4.98 Å². The van der Waals surface area contributed by atoms with Gasteiger partial charge in [-0.15, -0.1) is 29.3 Å². The standard InChI is InChI=1S/C70H66N3O.Pt/c1-68(2,3)57-35-37-65(74)61(46-57)67-72-66-59(28-19-29-64(66)73(67)63-36-30-48(40-47-20-17-18-21-47)41-60(63)50-22-11-8-12-23-50)52-42-53(44-58(43-52)69(4,5)6)62-45-51(38-39-71-62)49-31-33-56(34-32-49)70(7,54-24-13-9-14-25-54)55-26-15-10-16-27-55;/h8-16,19,22-39,41,43-47,74H,17-18,20-21,40H2,1-7H3;/q-1;/i40D2;. The summed E-state index contributed by atoms with van der Waals surface area (Å²) in [7, 11) is 0. The summed E-state index contributed by atoms with van der Waals surface area (Å²) in [6, 6.07) is 71.6. The second-order valence-corrected chi connectivity index (χ2v) is 22.5. The van der Waals surface area contributed by atoms with Crippen molar-refractivity contribution in [1.82, 2.24) is 14.5 Å². The molecule has 1 N–H and O–H groups in total. The summed E-state index contributed by atoms with van der Waals surface area (Å²) >= 11 is 0. The molecule has 0 atom stereocenters. The van der Waals surface area contributed by atoms with E-state index in [2.05, 4.69) is 217 Å². The van der Waals surface area contributed by atoms with E-state index in [9.17, 15) is 7.85 Å². The van der Waals surface area contributed by atoms with E-state index in [0.29, 0.717) is 17.0 Å². The molecule has 2 heterocycles. The molecule has 10 aromatic rings. The molecule has 378 valence electrons. The van der Waals surface area contributed by atoms with Gasteiger partial charge < -0.3 is 5.11 Å². The van der Waals surface area contributed by atoms with Gasteiger partial charge in [-0.05, 0) is 111 Å². The number of benzene rings is 8. The van der Waals surface area contributed by atoms with Gasteiger partial charge in [0.05, 0.1) is 22.3 Å². The van der Waals surface area contributed by atoms with Crippen molar-refractivity contribution in [2.75, 3.05) is 0 Å². The van der Waals surface area contributed by atoms with Gasteiger partial charge in [0.1, 0.15) is 11.6 Å². The van der Waals surface area contributed by atoms with Crippen molar-refractivity contribution in [3.8, 4) is 67.5 Å². The van der Waals surface area contributed by atoms with Crippen molar-refractivity contribution in [3.63, 3.8) is 0 Å². The van der Waals surface area contributed by atoms with Crippen molar-refractivity contribution in [2.24, 2.45) is 5.92 Å². The van der Waals surface area contributed by atoms with Gasteiger partial charge in [0.15, 0.2) is 0 Å². The van der Waals surface area contributed by atoms with E-state index in [1.807, 2.05) is 36.5 Å². The molecule has 1 fully saturated rings. The minimum absolute atomic E-state index is 0. The van der Waals surface area contributed by atoms with Crippen LogP contribution >= 0.6 is 0 Å². The number of nitrogens with zero attached hydrogens (tertiary/aromatic N) is 3. The molecular formula is C70H66N3OPt-. The van der Waals surface area contributed by atoms with Crippen molar-refractivity contribution in [1.29, 1.82) is 0 Å². The molecule has 5 heteroatoms. The predicted octanol–water partition coefficient (Wildman–Crippen LogP) is 17.9. The van der Waals surface area contributed by atoms with E-state index in [1.165, 1.54) is 16.7 Å². The number of pyridine rings is 1. The van der Waals surface area contributed by atoms with E-state index in [1.54, 1.807) is 6.07 Å². The Labute approximate surface area is 461 Å². The molecule has 1 aliphatic rings. The molecule has 75 heavy (non-hydrogen) atoms. The van der Waals surface area contributed by atoms with Gasteiger partial charge >= 0.3 is 0 Å². The first-order valence-corrected chi connectivity index (χ1v) is 26.3. The third-order valence-electron chi connectivity index (χ3n) is 15.4. The Hall–Kier alpha value is -7.13. The van der Waals surface area contributed by atoms with E-state index in [4.69, 9.17) is 9.97 Å². The Morgan fingerprint density at radius 1 is 0.547 bits per heavy atom. The van der Waals surface area contributed by atoms with Crippen LogP contribution in [0.3, 0.4) is 0 Å². The van der Waals surface area contributed by atoms with Crippen molar-refractivity contribution in [2.45, 2.75) is 96.8 Å². The number of phenols is 1. The van der Waals surface area contributed by atoms with Crippen molar-refractivity contribution in [3.05, 3.63) is 240 Å². The average molecular weight is 1160 g/mol. The van der Waals surface area contributed by atoms with Crippen LogP contribution in [0.1, 0.15) is 110 Å². The van der Waals surface area contributed by atoms with Gasteiger partial charge in [-0.3, -0.25) is 9.55 Å². The summed E-state index contributed by atoms with van der Waals surface area (Å²) in [5, 5.41) is 11.9. The summed E-state index contributed by atoms with van der Waals surface area (Å²) in [5.74, 6) is 0.685. The van der Waals surface area contributed by atoms with Gasteiger partial charge in [0.25, 0.3) is 0 Å². The number of rotatable bonds is 11. The van der Waals surface area contributed by atoms with Gasteiger partial charge in [0, 0.05) is 46.7 Å². The van der Waals surface area contributed by atoms with E-state index in [0.717, 1.165) is 98.2 Å². The molecule has 1 aliphatic carbocycles. The molecule has 0 unspecified atom stereocenters. The SMILES string of the molecule is [2H]C([2H])(c1ccc(-n2c(-c3cc(C(C)(C)C)ccc3O)nc3c(-c4[c-]c(-c5cc(-c6ccc(C(C)(c7ccccc7)c7ccccc7)cc6)ccn5)cc(C(C)(C)C)c4)cccc32)c(-c2ccccc2)c1)C1CCCC1.[Pt]. The fourth-order valence-corrected chi connectivity index (χ4v) is 11.0. The third kappa shape index (κ3) is 10.2. The number of aromatic hydroxyl groups is 1. The number of imidazole rings is 1. The maximum Gasteiger partial charge on any atom is 0.148 e. The zero-order valence-electron chi connectivity index (χ0n) is 46.1. The molecule has 0 aliphatic heterocycles. The number of aromatic nitrogens is 3. The third-order valence-corrected chi connectivity index (χ3v) is 15.4. The van der Waals surface area contributed by atoms with Crippen LogP contribution in [0.4, 0.5) is 0 Å². The molecule has 0 saturated heterocycles. The van der Waals surface area contributed by atoms with Crippen LogP contribution in [0.2, 0.25) is 0 Å². The Balaban J connectivity index is 0.00000672. The summed E-state index contributed by atoms with van der Waals surface area (Å²) in [6.07, 6.45) is 4.27. The van der Waals surface area contributed by atoms with E-state index in [-0.39, 0.29) is 49.0 Å². The number of hydrogen-bond donors (Lipinski definition) is 1. The first-order chi connectivity index (χ1) is 36.5. The Morgan fingerprint density at radius 3 is 1.81 bits per heavy atom. The molecule has 1 saturated carbocycles. The number of para-hydroxylation sites is 1. The van der Waals surface area contributed by atoms with Gasteiger partial charge in [0.2, 0.25) is 0 Å². The van der Waals surface area contributed by atoms with Crippen LogP contribution in [0.15, 0.2) is 200 Å². The number of phenolic OH excluding ortho intramolecular Hbond substituents is 1. The summed E-state index contributed by atoms with van der Waals surface area (Å²) < 4.78 is 21.2. The zero-order valence-corrected chi connectivity index (χ0v) is 46.3. The first kappa shape index (κ1) is 48.8. The van der Waals surface area contributed by atoms with Crippen LogP contribution in [0, 0.1) is 12.0 Å². The topological polar surface area (TPSA) is 50.9 Å². The fourth-order valence-electron chi connectivity index (χ4n) is 11.0. The summed E-state index contributed by atoms with van der Waals surface area (Å²) in [5.41, 5.74) is 16.4. The molecule has 0 amide bonds. The minimum Gasteiger partial charge on any atom is -0.507 e. The second-order valence-electron chi connectivity index (χ2n) is 22.5. The second kappa shape index (κ2) is 20.9. The monoisotopic (exact) mass is 1160 g/mol. The quantitative estimate of drug-likeness (QED) is 0.104. The van der Waals surface area contributed by atoms with Gasteiger partial charge in [-0.1, -0.05) is 224 Å². The Bertz CT molecular complexity index is 3680. The normalized spacial score (nSPS) is 13.9.